The van der Waals surface area contributed by atoms with Gasteiger partial charge in [-0.15, -0.1) is 5.10 Å². The van der Waals surface area contributed by atoms with E-state index in [0.717, 1.165) is 4.68 Å². The number of nitrogens with one attached hydrogen (secondary N) is 1. The Morgan fingerprint density at radius 3 is 2.67 bits per heavy atom. The Bertz CT molecular complexity index is 1080. The normalized spacial score (nSPS) is 10.6. The molecule has 1 aromatic heterocycles. The van der Waals surface area contributed by atoms with Gasteiger partial charge >= 0.3 is 5.97 Å². The van der Waals surface area contributed by atoms with Crippen molar-refractivity contribution < 1.29 is 14.3 Å². The van der Waals surface area contributed by atoms with E-state index >= 15 is 0 Å². The third-order valence-corrected chi connectivity index (χ3v) is 4.29. The van der Waals surface area contributed by atoms with E-state index in [2.05, 4.69) is 15.6 Å². The second kappa shape index (κ2) is 8.15. The second-order valence-electron chi connectivity index (χ2n) is 5.37. The molecule has 8 nitrogen and oxygen atoms in total. The van der Waals surface area contributed by atoms with Gasteiger partial charge < -0.3 is 10.1 Å². The molecule has 0 unspecified atom stereocenters. The Kier molecular flexibility index (Phi) is 5.68. The van der Waals surface area contributed by atoms with E-state index < -0.39 is 30.7 Å². The Labute approximate surface area is 162 Å². The minimum atomic E-state index is -0.745. The van der Waals surface area contributed by atoms with Crippen molar-refractivity contribution in [2.75, 3.05) is 6.54 Å². The van der Waals surface area contributed by atoms with E-state index in [0.29, 0.717) is 15.9 Å². The van der Waals surface area contributed by atoms with Gasteiger partial charge in [0.1, 0.15) is 12.1 Å². The van der Waals surface area contributed by atoms with E-state index in [1.54, 1.807) is 24.3 Å². The number of benzene rings is 2. The van der Waals surface area contributed by atoms with Gasteiger partial charge in [-0.25, -0.2) is 0 Å². The van der Waals surface area contributed by atoms with Gasteiger partial charge in [-0.3, -0.25) is 14.4 Å². The summed E-state index contributed by atoms with van der Waals surface area (Å²) in [5, 5.41) is 10.9. The van der Waals surface area contributed by atoms with E-state index in [9.17, 15) is 14.4 Å². The molecule has 0 fully saturated rings. The lowest BCUT2D eigenvalue weighted by Crippen LogP contribution is -2.32. The van der Waals surface area contributed by atoms with Crippen molar-refractivity contribution in [2.45, 2.75) is 6.73 Å². The van der Waals surface area contributed by atoms with Crippen molar-refractivity contribution in [2.24, 2.45) is 0 Å². The summed E-state index contributed by atoms with van der Waals surface area (Å²) in [6.45, 7) is -0.813. The summed E-state index contributed by atoms with van der Waals surface area (Å²) in [5.74, 6) is -1.27. The Hall–Kier alpha value is -2.97. The van der Waals surface area contributed by atoms with Crippen LogP contribution in [0.2, 0.25) is 10.0 Å². The largest absolute Gasteiger partial charge is 0.441 e. The molecule has 0 aliphatic rings. The zero-order valence-electron chi connectivity index (χ0n) is 13.7. The van der Waals surface area contributed by atoms with Crippen LogP contribution in [0, 0.1) is 0 Å². The molecule has 0 atom stereocenters. The number of halogens is 2. The number of hydrogen-bond acceptors (Lipinski definition) is 6. The fourth-order valence-electron chi connectivity index (χ4n) is 2.18. The van der Waals surface area contributed by atoms with E-state index in [-0.39, 0.29) is 10.6 Å². The number of hydrogen-bond donors (Lipinski definition) is 1. The molecule has 10 heteroatoms. The summed E-state index contributed by atoms with van der Waals surface area (Å²) in [7, 11) is 0. The predicted molar refractivity (Wildman–Crippen MR) is 98.7 cm³/mol. The molecule has 0 bridgehead atoms. The van der Waals surface area contributed by atoms with Gasteiger partial charge in [0.25, 0.3) is 11.5 Å². The first kappa shape index (κ1) is 18.8. The molecule has 27 heavy (non-hydrogen) atoms. The molecular weight excluding hydrogens is 395 g/mol. The number of esters is 1. The van der Waals surface area contributed by atoms with Crippen LogP contribution < -0.4 is 10.9 Å². The van der Waals surface area contributed by atoms with E-state index in [1.807, 2.05) is 0 Å². The maximum absolute atomic E-state index is 12.2. The summed E-state index contributed by atoms with van der Waals surface area (Å²) in [5.41, 5.74) is 0.251. The topological polar surface area (TPSA) is 103 Å². The SMILES string of the molecule is O=C(CNC(=O)c1ccc(Cl)c(Cl)c1)OCn1nnc2ccccc2c1=O. The third kappa shape index (κ3) is 4.42. The first-order valence-electron chi connectivity index (χ1n) is 7.67. The predicted octanol–water partition coefficient (Wildman–Crippen LogP) is 2.03. The number of fused-ring (bicyclic) bond motifs is 1. The first-order valence-corrected chi connectivity index (χ1v) is 8.42. The highest BCUT2D eigenvalue weighted by molar-refractivity contribution is 6.42. The summed E-state index contributed by atoms with van der Waals surface area (Å²) in [6.07, 6.45) is 0. The highest BCUT2D eigenvalue weighted by atomic mass is 35.5. The number of nitrogens with zero attached hydrogens (tertiary/aromatic N) is 3. The second-order valence-corrected chi connectivity index (χ2v) is 6.18. The van der Waals surface area contributed by atoms with Crippen LogP contribution in [-0.4, -0.2) is 33.4 Å². The molecule has 3 aromatic rings. The maximum atomic E-state index is 12.2. The Morgan fingerprint density at radius 2 is 1.89 bits per heavy atom. The van der Waals surface area contributed by atoms with E-state index in [4.69, 9.17) is 27.9 Å². The molecular formula is C17H12Cl2N4O4. The van der Waals surface area contributed by atoms with Crippen LogP contribution in [0.1, 0.15) is 10.4 Å². The lowest BCUT2D eigenvalue weighted by atomic mass is 10.2. The Balaban J connectivity index is 1.57. The van der Waals surface area contributed by atoms with Crippen LogP contribution in [-0.2, 0) is 16.3 Å². The van der Waals surface area contributed by atoms with Gasteiger partial charge in [0.05, 0.1) is 15.4 Å². The molecule has 3 rings (SSSR count). The van der Waals surface area contributed by atoms with Crippen LogP contribution >= 0.6 is 23.2 Å². The molecule has 138 valence electrons. The molecule has 1 heterocycles. The number of rotatable bonds is 5. The molecule has 2 aromatic carbocycles. The molecule has 1 amide bonds. The quantitative estimate of drug-likeness (QED) is 0.650. The fraction of sp³-hybridized carbons (Fsp3) is 0.118. The summed E-state index contributed by atoms with van der Waals surface area (Å²) in [6, 6.07) is 11.0. The fourth-order valence-corrected chi connectivity index (χ4v) is 2.48. The molecule has 0 aliphatic carbocycles. The van der Waals surface area contributed by atoms with Crippen molar-refractivity contribution in [3.63, 3.8) is 0 Å². The maximum Gasteiger partial charge on any atom is 0.327 e. The number of carbonyl (C=O) groups is 2. The van der Waals surface area contributed by atoms with Gasteiger partial charge in [-0.2, -0.15) is 4.68 Å². The molecule has 1 N–H and O–H groups in total. The van der Waals surface area contributed by atoms with Crippen LogP contribution in [0.15, 0.2) is 47.3 Å². The number of aromatic nitrogens is 3. The van der Waals surface area contributed by atoms with Crippen molar-refractivity contribution >= 4 is 46.0 Å². The zero-order valence-corrected chi connectivity index (χ0v) is 15.2. The monoisotopic (exact) mass is 406 g/mol. The van der Waals surface area contributed by atoms with Crippen molar-refractivity contribution in [3.8, 4) is 0 Å². The standard InChI is InChI=1S/C17H12Cl2N4O4/c18-12-6-5-10(7-13(12)19)16(25)20-8-15(24)27-9-23-17(26)11-3-1-2-4-14(11)21-22-23/h1-7H,8-9H2,(H,20,25). The number of carbonyl (C=O) groups excluding carboxylic acids is 2. The van der Waals surface area contributed by atoms with Gasteiger partial charge in [0.2, 0.25) is 0 Å². The number of ether oxygens (including phenoxy) is 1. The molecule has 0 radical (unpaired) electrons. The van der Waals surface area contributed by atoms with E-state index in [1.165, 1.54) is 18.2 Å². The summed E-state index contributed by atoms with van der Waals surface area (Å²) < 4.78 is 5.86. The molecule has 0 aliphatic heterocycles. The van der Waals surface area contributed by atoms with Crippen molar-refractivity contribution in [3.05, 3.63) is 68.4 Å². The average molecular weight is 407 g/mol. The highest BCUT2D eigenvalue weighted by Gasteiger charge is 2.12. The van der Waals surface area contributed by atoms with Crippen molar-refractivity contribution in [1.29, 1.82) is 0 Å². The third-order valence-electron chi connectivity index (χ3n) is 3.55. The van der Waals surface area contributed by atoms with Crippen LogP contribution in [0.5, 0.6) is 0 Å². The summed E-state index contributed by atoms with van der Waals surface area (Å²) >= 11 is 11.6. The lowest BCUT2D eigenvalue weighted by molar-refractivity contribution is -0.146. The lowest BCUT2D eigenvalue weighted by Gasteiger charge is -2.08. The molecule has 0 saturated heterocycles. The summed E-state index contributed by atoms with van der Waals surface area (Å²) in [4.78, 5) is 36.0. The van der Waals surface area contributed by atoms with Gasteiger partial charge in [0.15, 0.2) is 6.73 Å². The average Bonchev–Trinajstić information content (AvgIpc) is 2.68. The smallest absolute Gasteiger partial charge is 0.327 e. The highest BCUT2D eigenvalue weighted by Crippen LogP contribution is 2.22. The number of amides is 1. The van der Waals surface area contributed by atoms with Crippen LogP contribution in [0.3, 0.4) is 0 Å². The van der Waals surface area contributed by atoms with Gasteiger partial charge in [-0.05, 0) is 30.3 Å². The van der Waals surface area contributed by atoms with Gasteiger partial charge in [0, 0.05) is 5.56 Å². The minimum Gasteiger partial charge on any atom is -0.441 e. The first-order chi connectivity index (χ1) is 13.0. The molecule has 0 spiro atoms. The zero-order chi connectivity index (χ0) is 19.4. The minimum absolute atomic E-state index is 0.223. The van der Waals surface area contributed by atoms with Crippen LogP contribution in [0.4, 0.5) is 0 Å². The Morgan fingerprint density at radius 1 is 1.11 bits per heavy atom. The van der Waals surface area contributed by atoms with Crippen LogP contribution in [0.25, 0.3) is 10.9 Å². The van der Waals surface area contributed by atoms with Crippen molar-refractivity contribution in [1.82, 2.24) is 20.3 Å². The molecule has 0 saturated carbocycles. The van der Waals surface area contributed by atoms with Gasteiger partial charge in [-0.1, -0.05) is 40.5 Å².